The molecule has 0 saturated heterocycles. The number of hydrogen-bond acceptors (Lipinski definition) is 7. The molecular formula is C12H13N5O2S2. The molecule has 2 aromatic heterocycles. The number of nitrogens with zero attached hydrogens (tertiary/aromatic N) is 4. The second kappa shape index (κ2) is 6.15. The van der Waals surface area contributed by atoms with Crippen LogP contribution in [0.1, 0.15) is 30.1 Å². The van der Waals surface area contributed by atoms with Crippen molar-refractivity contribution in [3.63, 3.8) is 0 Å². The van der Waals surface area contributed by atoms with Crippen LogP contribution in [0, 0.1) is 11.3 Å². The molecule has 0 radical (unpaired) electrons. The van der Waals surface area contributed by atoms with Gasteiger partial charge >= 0.3 is 0 Å². The summed E-state index contributed by atoms with van der Waals surface area (Å²) in [7, 11) is -3.79. The van der Waals surface area contributed by atoms with Crippen LogP contribution in [0.3, 0.4) is 0 Å². The first-order valence-corrected chi connectivity index (χ1v) is 8.55. The van der Waals surface area contributed by atoms with Crippen LogP contribution in [0.5, 0.6) is 0 Å². The van der Waals surface area contributed by atoms with Gasteiger partial charge in [-0.1, -0.05) is 13.8 Å². The van der Waals surface area contributed by atoms with Gasteiger partial charge in [0.25, 0.3) is 16.0 Å². The molecule has 1 N–H and O–H groups in total. The molecule has 2 heterocycles. The highest BCUT2D eigenvalue weighted by Crippen LogP contribution is 2.22. The fourth-order valence-corrected chi connectivity index (χ4v) is 3.72. The van der Waals surface area contributed by atoms with E-state index in [4.69, 9.17) is 5.26 Å². The van der Waals surface area contributed by atoms with Gasteiger partial charge in [-0.25, -0.2) is 18.1 Å². The normalized spacial score (nSPS) is 11.1. The van der Waals surface area contributed by atoms with Gasteiger partial charge in [0.2, 0.25) is 0 Å². The first-order chi connectivity index (χ1) is 10.00. The molecule has 0 aliphatic carbocycles. The molecule has 7 nitrogen and oxygen atoms in total. The Balaban J connectivity index is 2.30. The smallest absolute Gasteiger partial charge is 0.245 e. The van der Waals surface area contributed by atoms with Crippen LogP contribution < -0.4 is 4.72 Å². The predicted molar refractivity (Wildman–Crippen MR) is 78.4 cm³/mol. The van der Waals surface area contributed by atoms with Crippen LogP contribution in [-0.2, 0) is 22.9 Å². The van der Waals surface area contributed by atoms with Gasteiger partial charge in [-0.15, -0.1) is 21.5 Å². The van der Waals surface area contributed by atoms with Crippen molar-refractivity contribution in [2.24, 2.45) is 0 Å². The maximum atomic E-state index is 12.2. The SMILES string of the molecule is CCc1nnc(NS(=O)(=O)c2ccc(C#N)s2)nc1CC. The molecule has 0 aliphatic rings. The average Bonchev–Trinajstić information content (AvgIpc) is 2.96. The molecule has 110 valence electrons. The number of nitrogens with one attached hydrogen (secondary N) is 1. The lowest BCUT2D eigenvalue weighted by atomic mass is 10.2. The topological polar surface area (TPSA) is 109 Å². The highest BCUT2D eigenvalue weighted by molar-refractivity contribution is 7.94. The summed E-state index contributed by atoms with van der Waals surface area (Å²) in [5.41, 5.74) is 1.47. The summed E-state index contributed by atoms with van der Waals surface area (Å²) < 4.78 is 26.7. The van der Waals surface area contributed by atoms with Crippen molar-refractivity contribution in [2.45, 2.75) is 30.9 Å². The van der Waals surface area contributed by atoms with Crippen molar-refractivity contribution in [3.8, 4) is 6.07 Å². The summed E-state index contributed by atoms with van der Waals surface area (Å²) in [5.74, 6) is -0.0593. The maximum Gasteiger partial charge on any atom is 0.273 e. The number of nitriles is 1. The van der Waals surface area contributed by atoms with Crippen molar-refractivity contribution in [1.29, 1.82) is 5.26 Å². The van der Waals surface area contributed by atoms with E-state index in [1.54, 1.807) is 0 Å². The number of sulfonamides is 1. The summed E-state index contributed by atoms with van der Waals surface area (Å²) in [6.45, 7) is 3.85. The quantitative estimate of drug-likeness (QED) is 0.897. The fraction of sp³-hybridized carbons (Fsp3) is 0.333. The number of rotatable bonds is 5. The highest BCUT2D eigenvalue weighted by Gasteiger charge is 2.19. The van der Waals surface area contributed by atoms with Crippen LogP contribution in [0.15, 0.2) is 16.3 Å². The lowest BCUT2D eigenvalue weighted by molar-refractivity contribution is 0.602. The molecule has 9 heteroatoms. The summed E-state index contributed by atoms with van der Waals surface area (Å²) in [6.07, 6.45) is 1.33. The molecule has 0 amide bonds. The zero-order valence-corrected chi connectivity index (χ0v) is 13.1. The molecule has 0 aromatic carbocycles. The molecule has 0 unspecified atom stereocenters. The largest absolute Gasteiger partial charge is 0.273 e. The van der Waals surface area contributed by atoms with Crippen molar-refractivity contribution < 1.29 is 8.42 Å². The van der Waals surface area contributed by atoms with Gasteiger partial charge in [-0.05, 0) is 25.0 Å². The van der Waals surface area contributed by atoms with E-state index in [0.717, 1.165) is 17.0 Å². The molecule has 21 heavy (non-hydrogen) atoms. The van der Waals surface area contributed by atoms with E-state index in [1.807, 2.05) is 19.9 Å². The number of aromatic nitrogens is 3. The van der Waals surface area contributed by atoms with Crippen LogP contribution in [0.25, 0.3) is 0 Å². The van der Waals surface area contributed by atoms with Crippen molar-refractivity contribution >= 4 is 27.3 Å². The summed E-state index contributed by atoms with van der Waals surface area (Å²) in [5, 5.41) is 16.5. The number of hydrogen-bond donors (Lipinski definition) is 1. The first kappa shape index (κ1) is 15.3. The van der Waals surface area contributed by atoms with Gasteiger partial charge in [-0.2, -0.15) is 5.26 Å². The van der Waals surface area contributed by atoms with Crippen LogP contribution >= 0.6 is 11.3 Å². The Labute approximate surface area is 126 Å². The van der Waals surface area contributed by atoms with E-state index in [1.165, 1.54) is 12.1 Å². The van der Waals surface area contributed by atoms with E-state index >= 15 is 0 Å². The summed E-state index contributed by atoms with van der Waals surface area (Å²) in [4.78, 5) is 4.50. The standard InChI is InChI=1S/C12H13N5O2S2/c1-3-9-10(4-2)15-16-12(14-9)17-21(18,19)11-6-5-8(7-13)20-11/h5-6H,3-4H2,1-2H3,(H,14,16,17). The minimum Gasteiger partial charge on any atom is -0.245 e. The Morgan fingerprint density at radius 3 is 2.52 bits per heavy atom. The van der Waals surface area contributed by atoms with Gasteiger partial charge in [-0.3, -0.25) is 0 Å². The lowest BCUT2D eigenvalue weighted by Gasteiger charge is -2.07. The molecule has 0 spiro atoms. The Morgan fingerprint density at radius 2 is 1.95 bits per heavy atom. The zero-order chi connectivity index (χ0) is 15.5. The lowest BCUT2D eigenvalue weighted by Crippen LogP contribution is -2.16. The first-order valence-electron chi connectivity index (χ1n) is 6.25. The van der Waals surface area contributed by atoms with Crippen molar-refractivity contribution in [1.82, 2.24) is 15.2 Å². The Hall–Kier alpha value is -2.05. The zero-order valence-electron chi connectivity index (χ0n) is 11.5. The molecular weight excluding hydrogens is 310 g/mol. The number of anilines is 1. The third-order valence-electron chi connectivity index (χ3n) is 2.69. The highest BCUT2D eigenvalue weighted by atomic mass is 32.2. The molecule has 2 rings (SSSR count). The molecule has 2 aromatic rings. The van der Waals surface area contributed by atoms with Crippen LogP contribution in [0.2, 0.25) is 0 Å². The molecule has 0 aliphatic heterocycles. The minimum absolute atomic E-state index is 0.0419. The van der Waals surface area contributed by atoms with E-state index in [-0.39, 0.29) is 10.2 Å². The van der Waals surface area contributed by atoms with Crippen LogP contribution in [0.4, 0.5) is 5.95 Å². The number of aryl methyl sites for hydroxylation is 2. The monoisotopic (exact) mass is 323 g/mol. The van der Waals surface area contributed by atoms with E-state index in [0.29, 0.717) is 23.4 Å². The van der Waals surface area contributed by atoms with Gasteiger partial charge < -0.3 is 0 Å². The van der Waals surface area contributed by atoms with Gasteiger partial charge in [0.15, 0.2) is 0 Å². The van der Waals surface area contributed by atoms with Crippen molar-refractivity contribution in [3.05, 3.63) is 28.4 Å². The van der Waals surface area contributed by atoms with E-state index in [9.17, 15) is 8.42 Å². The average molecular weight is 323 g/mol. The predicted octanol–water partition coefficient (Wildman–Crippen LogP) is 1.73. The third kappa shape index (κ3) is 3.34. The van der Waals surface area contributed by atoms with E-state index < -0.39 is 10.0 Å². The summed E-state index contributed by atoms with van der Waals surface area (Å²) in [6, 6.07) is 4.73. The maximum absolute atomic E-state index is 12.2. The third-order valence-corrected chi connectivity index (χ3v) is 5.50. The molecule has 0 saturated carbocycles. The fourth-order valence-electron chi connectivity index (χ4n) is 1.68. The molecule has 0 atom stereocenters. The molecule has 0 fully saturated rings. The number of thiophene rings is 1. The van der Waals surface area contributed by atoms with Crippen LogP contribution in [-0.4, -0.2) is 23.6 Å². The second-order valence-corrected chi connectivity index (χ2v) is 7.06. The Bertz CT molecular complexity index is 792. The minimum atomic E-state index is -3.79. The van der Waals surface area contributed by atoms with Gasteiger partial charge in [0.1, 0.15) is 15.2 Å². The Morgan fingerprint density at radius 1 is 1.24 bits per heavy atom. The molecule has 0 bridgehead atoms. The Kier molecular flexibility index (Phi) is 4.50. The second-order valence-electron chi connectivity index (χ2n) is 4.07. The van der Waals surface area contributed by atoms with E-state index in [2.05, 4.69) is 19.9 Å². The van der Waals surface area contributed by atoms with Crippen molar-refractivity contribution in [2.75, 3.05) is 4.72 Å². The summed E-state index contributed by atoms with van der Waals surface area (Å²) >= 11 is 0.889. The van der Waals surface area contributed by atoms with Gasteiger partial charge in [0, 0.05) is 0 Å². The van der Waals surface area contributed by atoms with Gasteiger partial charge in [0.05, 0.1) is 11.4 Å².